The SMILES string of the molecule is CSc1ccccc1C(=O)[C@@H]1CCCN(C(=O)CCn2cnnn2)C1. The van der Waals surface area contributed by atoms with Crippen molar-refractivity contribution in [1.82, 2.24) is 25.1 Å². The van der Waals surface area contributed by atoms with Gasteiger partial charge in [-0.3, -0.25) is 9.59 Å². The third-order valence-electron chi connectivity index (χ3n) is 4.46. The zero-order chi connectivity index (χ0) is 17.6. The molecule has 8 heteroatoms. The summed E-state index contributed by atoms with van der Waals surface area (Å²) in [4.78, 5) is 28.2. The Morgan fingerprint density at radius 3 is 2.92 bits per heavy atom. The summed E-state index contributed by atoms with van der Waals surface area (Å²) in [6.45, 7) is 1.66. The molecule has 0 N–H and O–H groups in total. The lowest BCUT2D eigenvalue weighted by atomic mass is 9.90. The highest BCUT2D eigenvalue weighted by molar-refractivity contribution is 7.98. The van der Waals surface area contributed by atoms with Crippen LogP contribution in [0.5, 0.6) is 0 Å². The summed E-state index contributed by atoms with van der Waals surface area (Å²) in [5.41, 5.74) is 0.767. The van der Waals surface area contributed by atoms with Gasteiger partial charge in [0.05, 0.1) is 6.54 Å². The summed E-state index contributed by atoms with van der Waals surface area (Å²) in [6.07, 6.45) is 5.50. The van der Waals surface area contributed by atoms with Crippen LogP contribution in [-0.2, 0) is 11.3 Å². The highest BCUT2D eigenvalue weighted by Gasteiger charge is 2.29. The molecule has 2 heterocycles. The van der Waals surface area contributed by atoms with Crippen molar-refractivity contribution >= 4 is 23.5 Å². The van der Waals surface area contributed by atoms with Gasteiger partial charge in [-0.2, -0.15) is 0 Å². The van der Waals surface area contributed by atoms with E-state index >= 15 is 0 Å². The number of carbonyl (C=O) groups is 2. The zero-order valence-electron chi connectivity index (χ0n) is 14.2. The molecule has 1 aliphatic heterocycles. The number of aromatic nitrogens is 4. The summed E-state index contributed by atoms with van der Waals surface area (Å²) in [5.74, 6) is 0.0631. The minimum Gasteiger partial charge on any atom is -0.342 e. The Hall–Kier alpha value is -2.22. The van der Waals surface area contributed by atoms with E-state index in [1.807, 2.05) is 30.5 Å². The van der Waals surface area contributed by atoms with E-state index in [1.54, 1.807) is 21.3 Å². The number of amides is 1. The molecule has 1 fully saturated rings. The molecule has 1 saturated heterocycles. The monoisotopic (exact) mass is 359 g/mol. The molecule has 0 unspecified atom stereocenters. The summed E-state index contributed by atoms with van der Waals surface area (Å²) < 4.78 is 1.54. The van der Waals surface area contributed by atoms with Gasteiger partial charge in [0.2, 0.25) is 5.91 Å². The van der Waals surface area contributed by atoms with Crippen LogP contribution in [0, 0.1) is 5.92 Å². The number of benzene rings is 1. The van der Waals surface area contributed by atoms with Gasteiger partial charge in [-0.1, -0.05) is 18.2 Å². The van der Waals surface area contributed by atoms with Crippen LogP contribution in [0.1, 0.15) is 29.6 Å². The molecule has 3 rings (SSSR count). The molecule has 0 radical (unpaired) electrons. The van der Waals surface area contributed by atoms with E-state index in [4.69, 9.17) is 0 Å². The van der Waals surface area contributed by atoms with E-state index in [9.17, 15) is 9.59 Å². The maximum absolute atomic E-state index is 12.9. The molecule has 0 spiro atoms. The van der Waals surface area contributed by atoms with Gasteiger partial charge in [0.15, 0.2) is 5.78 Å². The minimum absolute atomic E-state index is 0.0474. The Bertz CT molecular complexity index is 734. The number of thioether (sulfide) groups is 1. The van der Waals surface area contributed by atoms with Crippen LogP contribution in [-0.4, -0.2) is 56.1 Å². The number of hydrogen-bond acceptors (Lipinski definition) is 6. The van der Waals surface area contributed by atoms with Crippen molar-refractivity contribution in [3.05, 3.63) is 36.2 Å². The first-order chi connectivity index (χ1) is 12.2. The first-order valence-electron chi connectivity index (χ1n) is 8.35. The van der Waals surface area contributed by atoms with Crippen LogP contribution in [0.3, 0.4) is 0 Å². The van der Waals surface area contributed by atoms with Gasteiger partial charge < -0.3 is 4.90 Å². The largest absolute Gasteiger partial charge is 0.342 e. The molecule has 1 aromatic carbocycles. The van der Waals surface area contributed by atoms with Crippen molar-refractivity contribution < 1.29 is 9.59 Å². The average Bonchev–Trinajstić information content (AvgIpc) is 3.19. The average molecular weight is 359 g/mol. The van der Waals surface area contributed by atoms with Crippen molar-refractivity contribution in [3.63, 3.8) is 0 Å². The van der Waals surface area contributed by atoms with Gasteiger partial charge in [0, 0.05) is 35.9 Å². The Kier molecular flexibility index (Phi) is 5.80. The second kappa shape index (κ2) is 8.24. The summed E-state index contributed by atoms with van der Waals surface area (Å²) in [6, 6.07) is 7.69. The predicted molar refractivity (Wildman–Crippen MR) is 94.3 cm³/mol. The summed E-state index contributed by atoms with van der Waals surface area (Å²) in [5, 5.41) is 10.9. The van der Waals surface area contributed by atoms with Gasteiger partial charge in [-0.05, 0) is 35.6 Å². The Morgan fingerprint density at radius 2 is 2.16 bits per heavy atom. The van der Waals surface area contributed by atoms with E-state index in [1.165, 1.54) is 6.33 Å². The second-order valence-electron chi connectivity index (χ2n) is 6.07. The minimum atomic E-state index is -0.126. The molecule has 0 saturated carbocycles. The van der Waals surface area contributed by atoms with E-state index in [-0.39, 0.29) is 17.6 Å². The number of nitrogens with zero attached hydrogens (tertiary/aromatic N) is 5. The number of rotatable bonds is 6. The fraction of sp³-hybridized carbons (Fsp3) is 0.471. The number of piperidine rings is 1. The standard InChI is InChI=1S/C17H21N5O2S/c1-25-15-7-3-2-6-14(15)17(24)13-5-4-9-21(11-13)16(23)8-10-22-12-18-19-20-22/h2-3,6-7,12-13H,4-5,8-11H2,1H3/t13-/m1/s1. The fourth-order valence-corrected chi connectivity index (χ4v) is 3.74. The number of likely N-dealkylation sites (tertiary alicyclic amines) is 1. The summed E-state index contributed by atoms with van der Waals surface area (Å²) in [7, 11) is 0. The first-order valence-corrected chi connectivity index (χ1v) is 9.57. The van der Waals surface area contributed by atoms with Crippen molar-refractivity contribution in [2.75, 3.05) is 19.3 Å². The molecular formula is C17H21N5O2S. The molecule has 1 aliphatic rings. The Balaban J connectivity index is 1.62. The number of tetrazole rings is 1. The Labute approximate surface area is 150 Å². The van der Waals surface area contributed by atoms with Crippen molar-refractivity contribution in [2.45, 2.75) is 30.7 Å². The third-order valence-corrected chi connectivity index (χ3v) is 5.26. The zero-order valence-corrected chi connectivity index (χ0v) is 15.0. The maximum Gasteiger partial charge on any atom is 0.224 e. The van der Waals surface area contributed by atoms with E-state index in [0.29, 0.717) is 26.1 Å². The van der Waals surface area contributed by atoms with Gasteiger partial charge in [0.25, 0.3) is 0 Å². The molecule has 0 aliphatic carbocycles. The molecule has 1 aromatic heterocycles. The van der Waals surface area contributed by atoms with Gasteiger partial charge in [-0.15, -0.1) is 16.9 Å². The molecule has 7 nitrogen and oxygen atoms in total. The van der Waals surface area contributed by atoms with E-state index < -0.39 is 0 Å². The molecule has 0 bridgehead atoms. The number of ketones is 1. The van der Waals surface area contributed by atoms with Crippen LogP contribution in [0.25, 0.3) is 0 Å². The molecule has 25 heavy (non-hydrogen) atoms. The second-order valence-corrected chi connectivity index (χ2v) is 6.91. The normalized spacial score (nSPS) is 17.5. The van der Waals surface area contributed by atoms with Crippen molar-refractivity contribution in [2.24, 2.45) is 5.92 Å². The highest BCUT2D eigenvalue weighted by atomic mass is 32.2. The van der Waals surface area contributed by atoms with Crippen molar-refractivity contribution in [3.8, 4) is 0 Å². The number of carbonyl (C=O) groups excluding carboxylic acids is 2. The van der Waals surface area contributed by atoms with Gasteiger partial charge in [-0.25, -0.2) is 4.68 Å². The van der Waals surface area contributed by atoms with Crippen LogP contribution >= 0.6 is 11.8 Å². The van der Waals surface area contributed by atoms with Crippen LogP contribution in [0.15, 0.2) is 35.5 Å². The number of hydrogen-bond donors (Lipinski definition) is 0. The number of Topliss-reactive ketones (excluding diaryl/α,β-unsaturated/α-hetero) is 1. The molecule has 132 valence electrons. The first kappa shape index (κ1) is 17.6. The topological polar surface area (TPSA) is 81.0 Å². The lowest BCUT2D eigenvalue weighted by molar-refractivity contribution is -0.132. The Morgan fingerprint density at radius 1 is 1.32 bits per heavy atom. The number of aryl methyl sites for hydroxylation is 1. The molecule has 1 amide bonds. The van der Waals surface area contributed by atoms with E-state index in [0.717, 1.165) is 23.3 Å². The van der Waals surface area contributed by atoms with Gasteiger partial charge >= 0.3 is 0 Å². The quantitative estimate of drug-likeness (QED) is 0.579. The smallest absolute Gasteiger partial charge is 0.224 e. The third kappa shape index (κ3) is 4.25. The van der Waals surface area contributed by atoms with Crippen LogP contribution in [0.4, 0.5) is 0 Å². The fourth-order valence-electron chi connectivity index (χ4n) is 3.14. The molecule has 2 aromatic rings. The molecular weight excluding hydrogens is 338 g/mol. The van der Waals surface area contributed by atoms with Crippen LogP contribution < -0.4 is 0 Å². The predicted octanol–water partition coefficient (Wildman–Crippen LogP) is 1.91. The van der Waals surface area contributed by atoms with Crippen LogP contribution in [0.2, 0.25) is 0 Å². The van der Waals surface area contributed by atoms with E-state index in [2.05, 4.69) is 15.5 Å². The maximum atomic E-state index is 12.9. The molecule has 1 atom stereocenters. The lowest BCUT2D eigenvalue weighted by Gasteiger charge is -2.32. The summed E-state index contributed by atoms with van der Waals surface area (Å²) >= 11 is 1.58. The van der Waals surface area contributed by atoms with Gasteiger partial charge in [0.1, 0.15) is 6.33 Å². The van der Waals surface area contributed by atoms with Crippen molar-refractivity contribution in [1.29, 1.82) is 0 Å². The lowest BCUT2D eigenvalue weighted by Crippen LogP contribution is -2.42. The highest BCUT2D eigenvalue weighted by Crippen LogP contribution is 2.27.